The van der Waals surface area contributed by atoms with Crippen molar-refractivity contribution in [3.63, 3.8) is 0 Å². The normalized spacial score (nSPS) is 22.9. The van der Waals surface area contributed by atoms with Gasteiger partial charge in [-0.25, -0.2) is 0 Å². The van der Waals surface area contributed by atoms with Crippen LogP contribution >= 0.6 is 0 Å². The summed E-state index contributed by atoms with van der Waals surface area (Å²) in [5, 5.41) is 3.03. The Labute approximate surface area is 205 Å². The van der Waals surface area contributed by atoms with Crippen LogP contribution in [0.1, 0.15) is 52.5 Å². The Kier molecular flexibility index (Phi) is 9.62. The molecule has 34 heavy (non-hydrogen) atoms. The number of rotatable bonds is 10. The largest absolute Gasteiger partial charge is 0.490 e. The second kappa shape index (κ2) is 12.2. The van der Waals surface area contributed by atoms with Crippen molar-refractivity contribution in [3.05, 3.63) is 23.8 Å². The Morgan fingerprint density at radius 2 is 1.62 bits per heavy atom. The predicted octanol–water partition coefficient (Wildman–Crippen LogP) is 3.08. The van der Waals surface area contributed by atoms with Gasteiger partial charge in [0.05, 0.1) is 13.2 Å². The van der Waals surface area contributed by atoms with Crippen LogP contribution in [0.15, 0.2) is 18.2 Å². The van der Waals surface area contributed by atoms with E-state index in [1.165, 1.54) is 0 Å². The van der Waals surface area contributed by atoms with Crippen molar-refractivity contribution in [2.75, 3.05) is 45.9 Å². The molecule has 3 rings (SSSR count). The predicted molar refractivity (Wildman–Crippen MR) is 133 cm³/mol. The number of hydrogen-bond donors (Lipinski definition) is 1. The molecule has 192 valence electrons. The Hall–Kier alpha value is -1.84. The molecule has 2 fully saturated rings. The van der Waals surface area contributed by atoms with Crippen LogP contribution in [0.5, 0.6) is 11.5 Å². The quantitative estimate of drug-likeness (QED) is 0.539. The number of nitrogens with one attached hydrogen (secondary N) is 1. The van der Waals surface area contributed by atoms with E-state index in [-0.39, 0.29) is 11.8 Å². The first-order chi connectivity index (χ1) is 16.2. The summed E-state index contributed by atoms with van der Waals surface area (Å²) >= 11 is 0. The minimum Gasteiger partial charge on any atom is -0.490 e. The van der Waals surface area contributed by atoms with Crippen LogP contribution in [0.2, 0.25) is 0 Å². The fraction of sp³-hybridized carbons (Fsp3) is 0.720. The van der Waals surface area contributed by atoms with E-state index in [1.54, 1.807) is 8.61 Å². The van der Waals surface area contributed by atoms with E-state index in [1.807, 2.05) is 32.0 Å². The average Bonchev–Trinajstić information content (AvgIpc) is 2.80. The molecule has 2 aliphatic heterocycles. The van der Waals surface area contributed by atoms with Crippen LogP contribution < -0.4 is 14.8 Å². The summed E-state index contributed by atoms with van der Waals surface area (Å²) in [5.74, 6) is 2.06. The molecule has 2 heterocycles. The number of amides is 1. The Morgan fingerprint density at radius 3 is 2.24 bits per heavy atom. The van der Waals surface area contributed by atoms with Gasteiger partial charge in [-0.1, -0.05) is 19.9 Å². The van der Waals surface area contributed by atoms with Crippen LogP contribution in [0, 0.1) is 17.8 Å². The summed E-state index contributed by atoms with van der Waals surface area (Å²) in [7, 11) is -3.46. The molecule has 1 amide bonds. The standard InChI is InChI=1S/C25H41N3O5S/c1-5-32-23-8-7-21(16-24(23)33-6-2)9-12-26-25(29)22-10-13-27(14-11-22)34(30,31)28-17-19(3)15-20(4)18-28/h7-8,16,19-20,22H,5-6,9-15,17-18H2,1-4H3,(H,26,29)/t19-,20-/m1/s1. The zero-order valence-electron chi connectivity index (χ0n) is 21.1. The Bertz CT molecular complexity index is 905. The first-order valence-corrected chi connectivity index (χ1v) is 14.1. The van der Waals surface area contributed by atoms with E-state index < -0.39 is 10.2 Å². The smallest absolute Gasteiger partial charge is 0.281 e. The highest BCUT2D eigenvalue weighted by Gasteiger charge is 2.37. The number of ether oxygens (including phenoxy) is 2. The van der Waals surface area contributed by atoms with Gasteiger partial charge >= 0.3 is 0 Å². The third-order valence-electron chi connectivity index (χ3n) is 6.63. The SMILES string of the molecule is CCOc1ccc(CCNC(=O)C2CCN(S(=O)(=O)N3C[C@H](C)C[C@@H](C)C3)CC2)cc1OCC. The lowest BCUT2D eigenvalue weighted by Gasteiger charge is -2.39. The molecular weight excluding hydrogens is 454 g/mol. The van der Waals surface area contributed by atoms with Crippen molar-refractivity contribution in [1.29, 1.82) is 0 Å². The van der Waals surface area contributed by atoms with Gasteiger partial charge in [-0.15, -0.1) is 0 Å². The summed E-state index contributed by atoms with van der Waals surface area (Å²) in [5.41, 5.74) is 1.07. The highest BCUT2D eigenvalue weighted by atomic mass is 32.2. The Balaban J connectivity index is 1.46. The topological polar surface area (TPSA) is 88.2 Å². The van der Waals surface area contributed by atoms with Gasteiger partial charge in [0, 0.05) is 38.6 Å². The van der Waals surface area contributed by atoms with E-state index in [4.69, 9.17) is 9.47 Å². The first-order valence-electron chi connectivity index (χ1n) is 12.7. The lowest BCUT2D eigenvalue weighted by Crippen LogP contribution is -2.52. The van der Waals surface area contributed by atoms with Crippen LogP contribution in [-0.4, -0.2) is 68.9 Å². The molecule has 1 N–H and O–H groups in total. The minimum atomic E-state index is -3.46. The van der Waals surface area contributed by atoms with E-state index in [9.17, 15) is 13.2 Å². The summed E-state index contributed by atoms with van der Waals surface area (Å²) in [6, 6.07) is 5.86. The molecule has 1 aromatic rings. The van der Waals surface area contributed by atoms with E-state index in [2.05, 4.69) is 19.2 Å². The maximum absolute atomic E-state index is 13.1. The molecule has 8 nitrogen and oxygen atoms in total. The van der Waals surface area contributed by atoms with Crippen molar-refractivity contribution in [2.24, 2.45) is 17.8 Å². The summed E-state index contributed by atoms with van der Waals surface area (Å²) in [6.07, 6.45) is 2.87. The highest BCUT2D eigenvalue weighted by Crippen LogP contribution is 2.29. The molecule has 2 atom stereocenters. The summed E-state index contributed by atoms with van der Waals surface area (Å²) < 4.78 is 40.7. The fourth-order valence-corrected chi connectivity index (χ4v) is 6.92. The van der Waals surface area contributed by atoms with Crippen molar-refractivity contribution in [1.82, 2.24) is 13.9 Å². The lowest BCUT2D eigenvalue weighted by molar-refractivity contribution is -0.126. The molecule has 0 aromatic heterocycles. The number of nitrogens with zero attached hydrogens (tertiary/aromatic N) is 2. The van der Waals surface area contributed by atoms with Gasteiger partial charge in [-0.05, 0) is 69.1 Å². The number of hydrogen-bond acceptors (Lipinski definition) is 5. The second-order valence-electron chi connectivity index (χ2n) is 9.63. The number of carbonyl (C=O) groups is 1. The molecule has 2 aliphatic rings. The molecule has 0 aliphatic carbocycles. The molecule has 0 unspecified atom stereocenters. The number of piperidine rings is 2. The van der Waals surface area contributed by atoms with Crippen LogP contribution in [0.25, 0.3) is 0 Å². The van der Waals surface area contributed by atoms with Crippen LogP contribution in [0.3, 0.4) is 0 Å². The van der Waals surface area contributed by atoms with Gasteiger partial charge in [-0.2, -0.15) is 17.0 Å². The molecule has 1 aromatic carbocycles. The van der Waals surface area contributed by atoms with E-state index >= 15 is 0 Å². The maximum Gasteiger partial charge on any atom is 0.281 e. The van der Waals surface area contributed by atoms with Gasteiger partial charge in [0.15, 0.2) is 11.5 Å². The lowest BCUT2D eigenvalue weighted by atomic mass is 9.94. The van der Waals surface area contributed by atoms with Crippen LogP contribution in [0.4, 0.5) is 0 Å². The summed E-state index contributed by atoms with van der Waals surface area (Å²) in [4.78, 5) is 12.7. The second-order valence-corrected chi connectivity index (χ2v) is 11.6. The minimum absolute atomic E-state index is 0.00762. The van der Waals surface area contributed by atoms with Gasteiger partial charge in [-0.3, -0.25) is 4.79 Å². The van der Waals surface area contributed by atoms with Gasteiger partial charge in [0.25, 0.3) is 10.2 Å². The van der Waals surface area contributed by atoms with Gasteiger partial charge in [0.2, 0.25) is 5.91 Å². The van der Waals surface area contributed by atoms with E-state index in [0.717, 1.165) is 23.5 Å². The van der Waals surface area contributed by atoms with Crippen molar-refractivity contribution < 1.29 is 22.7 Å². The highest BCUT2D eigenvalue weighted by molar-refractivity contribution is 7.86. The maximum atomic E-state index is 13.1. The zero-order chi connectivity index (χ0) is 24.7. The van der Waals surface area contributed by atoms with E-state index in [0.29, 0.717) is 77.0 Å². The fourth-order valence-electron chi connectivity index (χ4n) is 5.03. The van der Waals surface area contributed by atoms with Gasteiger partial charge in [0.1, 0.15) is 0 Å². The molecule has 0 saturated carbocycles. The molecule has 2 saturated heterocycles. The van der Waals surface area contributed by atoms with Crippen molar-refractivity contribution in [3.8, 4) is 11.5 Å². The molecular formula is C25H41N3O5S. The molecule has 0 radical (unpaired) electrons. The monoisotopic (exact) mass is 495 g/mol. The number of benzene rings is 1. The molecule has 0 spiro atoms. The van der Waals surface area contributed by atoms with Gasteiger partial charge < -0.3 is 14.8 Å². The van der Waals surface area contributed by atoms with Crippen molar-refractivity contribution >= 4 is 16.1 Å². The number of carbonyl (C=O) groups excluding carboxylic acids is 1. The molecule has 0 bridgehead atoms. The van der Waals surface area contributed by atoms with Crippen molar-refractivity contribution in [2.45, 2.75) is 53.4 Å². The molecule has 9 heteroatoms. The third kappa shape index (κ3) is 6.86. The van der Waals surface area contributed by atoms with Crippen LogP contribution in [-0.2, 0) is 21.4 Å². The average molecular weight is 496 g/mol. The zero-order valence-corrected chi connectivity index (χ0v) is 21.9. The third-order valence-corrected chi connectivity index (χ3v) is 8.60. The Morgan fingerprint density at radius 1 is 1.00 bits per heavy atom. The first kappa shape index (κ1) is 26.8. The summed E-state index contributed by atoms with van der Waals surface area (Å²) in [6.45, 7) is 11.7.